The molecule has 2 aromatic carbocycles. The molecule has 4 rings (SSSR count). The summed E-state index contributed by atoms with van der Waals surface area (Å²) in [5.74, 6) is -1.08. The summed E-state index contributed by atoms with van der Waals surface area (Å²) in [5.41, 5.74) is 3.55. The maximum absolute atomic E-state index is 13.9. The fraction of sp³-hybridized carbons (Fsp3) is 0.395. The van der Waals surface area contributed by atoms with Crippen molar-refractivity contribution in [1.29, 1.82) is 0 Å². The number of aliphatic hydroxyl groups excluding tert-OH is 1. The van der Waals surface area contributed by atoms with E-state index >= 15 is 0 Å². The Balaban J connectivity index is 1.67. The number of hydrogen-bond acceptors (Lipinski definition) is 8. The normalized spacial score (nSPS) is 14.3. The van der Waals surface area contributed by atoms with Gasteiger partial charge in [-0.15, -0.1) is 0 Å². The van der Waals surface area contributed by atoms with Crippen LogP contribution in [0.5, 0.6) is 0 Å². The van der Waals surface area contributed by atoms with Gasteiger partial charge >= 0.3 is 12.2 Å². The first kappa shape index (κ1) is 42.9. The van der Waals surface area contributed by atoms with Gasteiger partial charge in [0.1, 0.15) is 12.1 Å². The molecule has 298 valence electrons. The van der Waals surface area contributed by atoms with Crippen LogP contribution >= 0.6 is 0 Å². The lowest BCUT2D eigenvalue weighted by Gasteiger charge is -2.34. The van der Waals surface area contributed by atoms with Gasteiger partial charge in [0.05, 0.1) is 30.6 Å². The molecule has 13 nitrogen and oxygen atoms in total. The zero-order valence-corrected chi connectivity index (χ0v) is 33.1. The molecule has 0 fully saturated rings. The standard InChI is InChI=1S/C43H54N6O7/c1-42(2,3)36(48-40(53)54)39(52)47-34(25-28-16-20-30(21-17-28)33-13-9-11-23-45-33)35(50)26-31(46-38(51)37(43(4,5)6)49-41(55)56-7)24-27-14-18-29(19-15-27)32-12-8-10-22-44-32/h8-23,31,34-37,48,50H,24-26H2,1-7H3,(H,46,51)(H,47,52)(H,49,55)(H,53,54)/t31-,34-,35-,36+,37+/m0/s1. The van der Waals surface area contributed by atoms with Gasteiger partial charge < -0.3 is 36.2 Å². The first-order valence-electron chi connectivity index (χ1n) is 18.6. The van der Waals surface area contributed by atoms with E-state index in [1.807, 2.05) is 106 Å². The summed E-state index contributed by atoms with van der Waals surface area (Å²) >= 11 is 0. The molecule has 0 spiro atoms. The van der Waals surface area contributed by atoms with E-state index in [0.29, 0.717) is 6.42 Å². The van der Waals surface area contributed by atoms with E-state index in [0.717, 1.165) is 33.6 Å². The summed E-state index contributed by atoms with van der Waals surface area (Å²) < 4.78 is 4.80. The Morgan fingerprint density at radius 2 is 1.11 bits per heavy atom. The Kier molecular flexibility index (Phi) is 14.7. The van der Waals surface area contributed by atoms with Crippen LogP contribution in [0.2, 0.25) is 0 Å². The maximum Gasteiger partial charge on any atom is 0.407 e. The summed E-state index contributed by atoms with van der Waals surface area (Å²) in [4.78, 5) is 60.6. The molecule has 2 aromatic heterocycles. The van der Waals surface area contributed by atoms with Crippen molar-refractivity contribution < 1.29 is 34.1 Å². The molecule has 56 heavy (non-hydrogen) atoms. The topological polar surface area (TPSA) is 192 Å². The SMILES string of the molecule is COC(=O)N[C@H](C(=O)N[C@@H](Cc1ccc(-c2ccccn2)cc1)C[C@H](O)[C@H](Cc1ccc(-c2ccccn2)cc1)NC(=O)[C@@H](NC(=O)O)C(C)(C)C)C(C)(C)C. The van der Waals surface area contributed by atoms with E-state index in [1.165, 1.54) is 7.11 Å². The average molecular weight is 767 g/mol. The minimum atomic E-state index is -1.35. The van der Waals surface area contributed by atoms with Gasteiger partial charge in [0, 0.05) is 29.6 Å². The molecule has 0 aliphatic carbocycles. The third-order valence-corrected chi connectivity index (χ3v) is 9.40. The number of nitrogens with zero attached hydrogens (tertiary/aromatic N) is 2. The highest BCUT2D eigenvalue weighted by atomic mass is 16.5. The second-order valence-corrected chi connectivity index (χ2v) is 16.0. The number of rotatable bonds is 15. The van der Waals surface area contributed by atoms with Crippen LogP contribution < -0.4 is 21.3 Å². The lowest BCUT2D eigenvalue weighted by Crippen LogP contribution is -2.58. The van der Waals surface area contributed by atoms with Gasteiger partial charge in [0.15, 0.2) is 0 Å². The number of nitrogens with one attached hydrogen (secondary N) is 4. The summed E-state index contributed by atoms with van der Waals surface area (Å²) in [6, 6.07) is 22.9. The molecule has 0 aliphatic heterocycles. The first-order chi connectivity index (χ1) is 26.4. The number of carbonyl (C=O) groups is 4. The van der Waals surface area contributed by atoms with Crippen LogP contribution in [0.25, 0.3) is 22.5 Å². The highest BCUT2D eigenvalue weighted by molar-refractivity contribution is 5.87. The minimum absolute atomic E-state index is 0.00761. The highest BCUT2D eigenvalue weighted by Gasteiger charge is 2.37. The molecule has 0 saturated heterocycles. The first-order valence-corrected chi connectivity index (χ1v) is 18.6. The van der Waals surface area contributed by atoms with Crippen molar-refractivity contribution in [3.05, 3.63) is 108 Å². The second kappa shape index (κ2) is 19.2. The molecular weight excluding hydrogens is 713 g/mol. The Morgan fingerprint density at radius 3 is 1.54 bits per heavy atom. The largest absolute Gasteiger partial charge is 0.465 e. The lowest BCUT2D eigenvalue weighted by atomic mass is 9.85. The number of methoxy groups -OCH3 is 1. The van der Waals surface area contributed by atoms with Crippen molar-refractivity contribution in [1.82, 2.24) is 31.2 Å². The quantitative estimate of drug-likeness (QED) is 0.0872. The number of pyridine rings is 2. The molecule has 0 aliphatic rings. The molecule has 6 N–H and O–H groups in total. The molecule has 4 amide bonds. The van der Waals surface area contributed by atoms with E-state index < -0.39 is 65.1 Å². The van der Waals surface area contributed by atoms with E-state index in [2.05, 4.69) is 31.2 Å². The number of ether oxygens (including phenoxy) is 1. The fourth-order valence-electron chi connectivity index (χ4n) is 6.36. The van der Waals surface area contributed by atoms with Crippen LogP contribution in [-0.4, -0.2) is 81.6 Å². The average Bonchev–Trinajstić information content (AvgIpc) is 3.15. The number of carbonyl (C=O) groups excluding carboxylic acids is 3. The number of aliphatic hydroxyl groups is 1. The lowest BCUT2D eigenvalue weighted by molar-refractivity contribution is -0.128. The molecule has 2 heterocycles. The molecule has 0 radical (unpaired) electrons. The van der Waals surface area contributed by atoms with Crippen molar-refractivity contribution in [2.24, 2.45) is 10.8 Å². The van der Waals surface area contributed by atoms with Gasteiger partial charge in [-0.25, -0.2) is 9.59 Å². The van der Waals surface area contributed by atoms with Gasteiger partial charge in [-0.2, -0.15) is 0 Å². The van der Waals surface area contributed by atoms with Crippen LogP contribution in [0.3, 0.4) is 0 Å². The number of aromatic nitrogens is 2. The molecule has 5 atom stereocenters. The number of alkyl carbamates (subject to hydrolysis) is 1. The Hall–Kier alpha value is -5.82. The Labute approximate surface area is 328 Å². The van der Waals surface area contributed by atoms with Crippen molar-refractivity contribution in [3.8, 4) is 22.5 Å². The van der Waals surface area contributed by atoms with Crippen LogP contribution in [0.4, 0.5) is 9.59 Å². The number of amides is 4. The van der Waals surface area contributed by atoms with Gasteiger partial charge in [-0.1, -0.05) is 102 Å². The van der Waals surface area contributed by atoms with Crippen LogP contribution in [0, 0.1) is 10.8 Å². The van der Waals surface area contributed by atoms with E-state index in [9.17, 15) is 29.4 Å². The highest BCUT2D eigenvalue weighted by Crippen LogP contribution is 2.24. The smallest absolute Gasteiger partial charge is 0.407 e. The van der Waals surface area contributed by atoms with Crippen molar-refractivity contribution in [2.45, 2.75) is 91.1 Å². The van der Waals surface area contributed by atoms with Crippen LogP contribution in [0.1, 0.15) is 59.1 Å². The third-order valence-electron chi connectivity index (χ3n) is 9.40. The Morgan fingerprint density at radius 1 is 0.643 bits per heavy atom. The predicted octanol–water partition coefficient (Wildman–Crippen LogP) is 5.77. The second-order valence-electron chi connectivity index (χ2n) is 16.0. The van der Waals surface area contributed by atoms with Gasteiger partial charge in [0.2, 0.25) is 11.8 Å². The third kappa shape index (κ3) is 12.6. The Bertz CT molecular complexity index is 1890. The summed E-state index contributed by atoms with van der Waals surface area (Å²) in [6.07, 6.45) is 0.566. The minimum Gasteiger partial charge on any atom is -0.465 e. The summed E-state index contributed by atoms with van der Waals surface area (Å²) in [5, 5.41) is 32.6. The molecular formula is C43H54N6O7. The van der Waals surface area contributed by atoms with Crippen LogP contribution in [0.15, 0.2) is 97.3 Å². The number of benzene rings is 2. The van der Waals surface area contributed by atoms with Gasteiger partial charge in [0.25, 0.3) is 0 Å². The molecule has 0 unspecified atom stereocenters. The van der Waals surface area contributed by atoms with Crippen molar-refractivity contribution in [2.75, 3.05) is 7.11 Å². The van der Waals surface area contributed by atoms with E-state index in [-0.39, 0.29) is 12.8 Å². The number of hydrogen-bond donors (Lipinski definition) is 6. The van der Waals surface area contributed by atoms with Crippen LogP contribution in [-0.2, 0) is 27.2 Å². The van der Waals surface area contributed by atoms with Gasteiger partial charge in [-0.3, -0.25) is 19.6 Å². The zero-order valence-electron chi connectivity index (χ0n) is 33.1. The molecule has 13 heteroatoms. The summed E-state index contributed by atoms with van der Waals surface area (Å²) in [7, 11) is 1.22. The van der Waals surface area contributed by atoms with Crippen molar-refractivity contribution >= 4 is 24.0 Å². The number of carboxylic acid groups (broad SMARTS) is 1. The van der Waals surface area contributed by atoms with E-state index in [4.69, 9.17) is 4.74 Å². The van der Waals surface area contributed by atoms with E-state index in [1.54, 1.807) is 33.2 Å². The predicted molar refractivity (Wildman–Crippen MR) is 214 cm³/mol. The van der Waals surface area contributed by atoms with Gasteiger partial charge in [-0.05, 0) is 65.5 Å². The molecule has 0 saturated carbocycles. The molecule has 4 aromatic rings. The zero-order chi connectivity index (χ0) is 41.0. The fourth-order valence-corrected chi connectivity index (χ4v) is 6.36. The summed E-state index contributed by atoms with van der Waals surface area (Å²) in [6.45, 7) is 10.7. The molecule has 0 bridgehead atoms. The maximum atomic E-state index is 13.9. The monoisotopic (exact) mass is 766 g/mol. The van der Waals surface area contributed by atoms with Crippen molar-refractivity contribution in [3.63, 3.8) is 0 Å².